The van der Waals surface area contributed by atoms with Crippen molar-refractivity contribution in [3.63, 3.8) is 0 Å². The molecule has 19 heteroatoms. The van der Waals surface area contributed by atoms with E-state index >= 15 is 0 Å². The summed E-state index contributed by atoms with van der Waals surface area (Å²) in [4.78, 5) is 73.2. The Morgan fingerprint density at radius 2 is 0.434 bits per heavy atom. The molecule has 0 bridgehead atoms. The van der Waals surface area contributed by atoms with Gasteiger partial charge < -0.3 is 33.8 Å². The number of unbranched alkanes of at least 4 members (excludes halogenated alkanes) is 56. The third-order valence-corrected chi connectivity index (χ3v) is 22.4. The van der Waals surface area contributed by atoms with Crippen LogP contribution in [0.2, 0.25) is 0 Å². The Balaban J connectivity index is 5.18. The van der Waals surface area contributed by atoms with E-state index in [4.69, 9.17) is 37.0 Å². The van der Waals surface area contributed by atoms with Crippen molar-refractivity contribution in [3.8, 4) is 0 Å². The molecule has 0 rings (SSSR count). The van der Waals surface area contributed by atoms with Crippen molar-refractivity contribution in [1.29, 1.82) is 0 Å². The average molecular weight is 1550 g/mol. The minimum absolute atomic E-state index is 0.109. The van der Waals surface area contributed by atoms with Crippen LogP contribution in [0.5, 0.6) is 0 Å². The lowest BCUT2D eigenvalue weighted by Gasteiger charge is -2.21. The molecule has 5 atom stereocenters. The molecule has 2 unspecified atom stereocenters. The second-order valence-corrected chi connectivity index (χ2v) is 35.1. The number of phosphoric ester groups is 2. The first kappa shape index (κ1) is 104. The zero-order chi connectivity index (χ0) is 77.8. The Kier molecular flexibility index (Phi) is 76.9. The molecule has 0 saturated heterocycles. The van der Waals surface area contributed by atoms with Gasteiger partial charge in [0.2, 0.25) is 0 Å². The molecule has 0 heterocycles. The number of aliphatic hydroxyl groups is 1. The normalized spacial score (nSPS) is 13.8. The molecule has 0 fully saturated rings. The lowest BCUT2D eigenvalue weighted by Crippen LogP contribution is -2.30. The zero-order valence-corrected chi connectivity index (χ0v) is 71.5. The molecule has 630 valence electrons. The molecule has 3 N–H and O–H groups in total. The summed E-state index contributed by atoms with van der Waals surface area (Å²) in [5.74, 6) is -0.470. The third kappa shape index (κ3) is 80.1. The lowest BCUT2D eigenvalue weighted by molar-refractivity contribution is -0.161. The largest absolute Gasteiger partial charge is 0.472 e. The summed E-state index contributed by atoms with van der Waals surface area (Å²) in [6, 6.07) is 0. The lowest BCUT2D eigenvalue weighted by atomic mass is 10.0. The van der Waals surface area contributed by atoms with Gasteiger partial charge in [0.1, 0.15) is 19.3 Å². The number of hydrogen-bond donors (Lipinski definition) is 3. The van der Waals surface area contributed by atoms with Gasteiger partial charge in [-0.25, -0.2) is 9.13 Å². The maximum atomic E-state index is 13.1. The van der Waals surface area contributed by atoms with Crippen LogP contribution in [-0.4, -0.2) is 96.7 Å². The quantitative estimate of drug-likeness (QED) is 0.0222. The van der Waals surface area contributed by atoms with Gasteiger partial charge in [0.25, 0.3) is 0 Å². The first-order valence-corrected chi connectivity index (χ1v) is 48.0. The predicted octanol–water partition coefficient (Wildman–Crippen LogP) is 26.6. The minimum atomic E-state index is -4.97. The molecule has 0 radical (unpaired) electrons. The van der Waals surface area contributed by atoms with Gasteiger partial charge >= 0.3 is 39.5 Å². The zero-order valence-electron chi connectivity index (χ0n) is 69.7. The van der Waals surface area contributed by atoms with Crippen molar-refractivity contribution in [3.05, 3.63) is 0 Å². The summed E-state index contributed by atoms with van der Waals surface area (Å²) in [6.07, 6.45) is 71.0. The Bertz CT molecular complexity index is 2030. The van der Waals surface area contributed by atoms with Gasteiger partial charge in [-0.1, -0.05) is 414 Å². The third-order valence-electron chi connectivity index (χ3n) is 20.5. The summed E-state index contributed by atoms with van der Waals surface area (Å²) in [7, 11) is -9.92. The first-order chi connectivity index (χ1) is 51.4. The van der Waals surface area contributed by atoms with Gasteiger partial charge in [0, 0.05) is 25.7 Å². The van der Waals surface area contributed by atoms with Crippen LogP contribution in [0.3, 0.4) is 0 Å². The SMILES string of the molecule is CCCCCCCCCCCCCCCCCCCCC(=O)O[C@H](COC(=O)CCCCCCCCCC)COP(=O)(O)OC[C@H](O)COP(=O)(O)OC[C@@H](COC(=O)CCCCCCCCCCCCCCCCCCC(C)C)OC(=O)CCCCCCCCCCCCCCCCCCCCC(C)C. The highest BCUT2D eigenvalue weighted by molar-refractivity contribution is 7.47. The number of esters is 4. The fourth-order valence-corrected chi connectivity index (χ4v) is 15.2. The molecule has 17 nitrogen and oxygen atoms in total. The molecule has 0 aromatic carbocycles. The Labute approximate surface area is 651 Å². The maximum Gasteiger partial charge on any atom is 0.472 e. The second-order valence-electron chi connectivity index (χ2n) is 32.2. The monoisotopic (exact) mass is 1550 g/mol. The Hall–Kier alpha value is -1.94. The van der Waals surface area contributed by atoms with Crippen LogP contribution in [0, 0.1) is 11.8 Å². The molecule has 106 heavy (non-hydrogen) atoms. The van der Waals surface area contributed by atoms with E-state index < -0.39 is 97.5 Å². The number of carbonyl (C=O) groups is 4. The molecule has 0 aromatic rings. The van der Waals surface area contributed by atoms with Gasteiger partial charge in [-0.15, -0.1) is 0 Å². The highest BCUT2D eigenvalue weighted by Crippen LogP contribution is 2.45. The van der Waals surface area contributed by atoms with E-state index in [0.717, 1.165) is 108 Å². The van der Waals surface area contributed by atoms with Gasteiger partial charge in [0.05, 0.1) is 26.4 Å². The van der Waals surface area contributed by atoms with Crippen LogP contribution in [-0.2, 0) is 65.4 Å². The van der Waals surface area contributed by atoms with Crippen LogP contribution < -0.4 is 0 Å². The Morgan fingerprint density at radius 3 is 0.642 bits per heavy atom. The van der Waals surface area contributed by atoms with Crippen LogP contribution in [0.1, 0.15) is 465 Å². The van der Waals surface area contributed by atoms with Crippen molar-refractivity contribution in [1.82, 2.24) is 0 Å². The van der Waals surface area contributed by atoms with Gasteiger partial charge in [-0.05, 0) is 37.5 Å². The van der Waals surface area contributed by atoms with E-state index in [1.54, 1.807) is 0 Å². The molecule has 0 aliphatic heterocycles. The molecular weight excluding hydrogens is 1380 g/mol. The van der Waals surface area contributed by atoms with Crippen molar-refractivity contribution < 1.29 is 80.2 Å². The second kappa shape index (κ2) is 78.3. The summed E-state index contributed by atoms with van der Waals surface area (Å²) >= 11 is 0. The summed E-state index contributed by atoms with van der Waals surface area (Å²) < 4.78 is 68.8. The van der Waals surface area contributed by atoms with E-state index in [1.807, 2.05) is 0 Å². The number of ether oxygens (including phenoxy) is 4. The van der Waals surface area contributed by atoms with Gasteiger partial charge in [-0.3, -0.25) is 37.3 Å². The summed E-state index contributed by atoms with van der Waals surface area (Å²) in [6.45, 7) is 9.72. The van der Waals surface area contributed by atoms with E-state index in [-0.39, 0.29) is 25.7 Å². The minimum Gasteiger partial charge on any atom is -0.462 e. The molecular formula is C87H170O17P2. The van der Waals surface area contributed by atoms with Gasteiger partial charge in [0.15, 0.2) is 12.2 Å². The number of carbonyl (C=O) groups excluding carboxylic acids is 4. The summed E-state index contributed by atoms with van der Waals surface area (Å²) in [5, 5.41) is 10.7. The van der Waals surface area contributed by atoms with E-state index in [2.05, 4.69) is 41.5 Å². The fraction of sp³-hybridized carbons (Fsp3) is 0.954. The van der Waals surface area contributed by atoms with E-state index in [1.165, 1.54) is 276 Å². The number of phosphoric acid groups is 2. The molecule has 0 aliphatic carbocycles. The molecule has 0 aliphatic rings. The van der Waals surface area contributed by atoms with Crippen LogP contribution in [0.4, 0.5) is 0 Å². The van der Waals surface area contributed by atoms with Crippen molar-refractivity contribution >= 4 is 39.5 Å². The molecule has 0 aromatic heterocycles. The first-order valence-electron chi connectivity index (χ1n) is 45.0. The van der Waals surface area contributed by atoms with Crippen LogP contribution in [0.25, 0.3) is 0 Å². The number of hydrogen-bond acceptors (Lipinski definition) is 15. The predicted molar refractivity (Wildman–Crippen MR) is 437 cm³/mol. The topological polar surface area (TPSA) is 237 Å². The van der Waals surface area contributed by atoms with E-state index in [0.29, 0.717) is 25.7 Å². The van der Waals surface area contributed by atoms with Crippen molar-refractivity contribution in [2.75, 3.05) is 39.6 Å². The number of rotatable bonds is 86. The van der Waals surface area contributed by atoms with Crippen molar-refractivity contribution in [2.24, 2.45) is 11.8 Å². The maximum absolute atomic E-state index is 13.1. The summed E-state index contributed by atoms with van der Waals surface area (Å²) in [5.41, 5.74) is 0. The average Bonchev–Trinajstić information content (AvgIpc) is 0.906. The standard InChI is InChI=1S/C87H170O17P2/c1-7-9-11-13-15-17-18-19-20-21-25-32-37-42-47-53-59-65-71-86(91)103-82(75-97-84(89)69-63-57-51-16-14-12-10-8-2)77-101-105(93,94)99-73-81(88)74-100-106(95,96)102-78-83(76-98-85(90)70-64-58-52-46-41-36-31-28-27-30-35-40-45-50-56-62-68-80(5)6)104-87(92)72-66-60-54-48-43-38-33-26-23-22-24-29-34-39-44-49-55-61-67-79(3)4/h79-83,88H,7-78H2,1-6H3,(H,93,94)(H,95,96)/t81-,82+,83+/m0/s1. The molecule has 0 spiro atoms. The van der Waals surface area contributed by atoms with Crippen LogP contribution in [0.15, 0.2) is 0 Å². The molecule has 0 amide bonds. The highest BCUT2D eigenvalue weighted by Gasteiger charge is 2.30. The van der Waals surface area contributed by atoms with Gasteiger partial charge in [-0.2, -0.15) is 0 Å². The van der Waals surface area contributed by atoms with E-state index in [9.17, 15) is 43.2 Å². The smallest absolute Gasteiger partial charge is 0.462 e. The fourth-order valence-electron chi connectivity index (χ4n) is 13.6. The highest BCUT2D eigenvalue weighted by atomic mass is 31.2. The van der Waals surface area contributed by atoms with Crippen LogP contribution >= 0.6 is 15.6 Å². The Morgan fingerprint density at radius 1 is 0.255 bits per heavy atom. The molecule has 0 saturated carbocycles. The van der Waals surface area contributed by atoms with Crippen molar-refractivity contribution in [2.45, 2.75) is 484 Å². The number of aliphatic hydroxyl groups excluding tert-OH is 1.